The van der Waals surface area contributed by atoms with Crippen LogP contribution in [0.15, 0.2) is 17.0 Å². The van der Waals surface area contributed by atoms with Crippen molar-refractivity contribution in [3.8, 4) is 0 Å². The monoisotopic (exact) mass is 266 g/mol. The number of methoxy groups -OCH3 is 1. The summed E-state index contributed by atoms with van der Waals surface area (Å²) in [6, 6.07) is 2.00. The van der Waals surface area contributed by atoms with Crippen LogP contribution >= 0.6 is 10.7 Å². The molecular weight excluding hydrogens is 259 g/mol. The van der Waals surface area contributed by atoms with Crippen molar-refractivity contribution in [2.45, 2.75) is 11.8 Å². The molecule has 0 saturated heterocycles. The zero-order chi connectivity index (χ0) is 12.5. The van der Waals surface area contributed by atoms with E-state index >= 15 is 0 Å². The Morgan fingerprint density at radius 1 is 1.44 bits per heavy atom. The lowest BCUT2D eigenvalue weighted by molar-refractivity contribution is 0.0596. The van der Waals surface area contributed by atoms with E-state index in [9.17, 15) is 17.6 Å². The van der Waals surface area contributed by atoms with E-state index in [4.69, 9.17) is 10.7 Å². The van der Waals surface area contributed by atoms with Gasteiger partial charge < -0.3 is 4.74 Å². The summed E-state index contributed by atoms with van der Waals surface area (Å²) < 4.78 is 40.0. The predicted molar refractivity (Wildman–Crippen MR) is 55.5 cm³/mol. The Balaban J connectivity index is 3.65. The van der Waals surface area contributed by atoms with Gasteiger partial charge in [0.25, 0.3) is 9.05 Å². The lowest BCUT2D eigenvalue weighted by Crippen LogP contribution is -2.10. The first-order valence-electron chi connectivity index (χ1n) is 4.11. The molecule has 0 saturated carbocycles. The van der Waals surface area contributed by atoms with E-state index in [1.165, 1.54) is 6.92 Å². The molecule has 1 rings (SSSR count). The van der Waals surface area contributed by atoms with E-state index in [1.54, 1.807) is 0 Å². The summed E-state index contributed by atoms with van der Waals surface area (Å²) in [6.45, 7) is 1.22. The van der Waals surface area contributed by atoms with Crippen molar-refractivity contribution in [2.24, 2.45) is 0 Å². The van der Waals surface area contributed by atoms with Crippen molar-refractivity contribution in [3.05, 3.63) is 29.1 Å². The predicted octanol–water partition coefficient (Wildman–Crippen LogP) is 1.85. The smallest absolute Gasteiger partial charge is 0.339 e. The van der Waals surface area contributed by atoms with Crippen LogP contribution in [0.4, 0.5) is 4.39 Å². The van der Waals surface area contributed by atoms with Crippen LogP contribution in [0.2, 0.25) is 0 Å². The molecule has 1 aromatic rings. The molecule has 0 atom stereocenters. The lowest BCUT2D eigenvalue weighted by Gasteiger charge is -2.08. The molecule has 7 heteroatoms. The molecule has 0 aromatic heterocycles. The van der Waals surface area contributed by atoms with Crippen molar-refractivity contribution in [1.82, 2.24) is 0 Å². The lowest BCUT2D eigenvalue weighted by atomic mass is 10.1. The van der Waals surface area contributed by atoms with Crippen LogP contribution in [-0.2, 0) is 13.8 Å². The maximum atomic E-state index is 13.2. The molecule has 0 N–H and O–H groups in total. The Morgan fingerprint density at radius 3 is 2.44 bits per heavy atom. The number of esters is 1. The number of carbonyl (C=O) groups excluding carboxylic acids is 1. The Bertz CT molecular complexity index is 539. The molecular formula is C9H8ClFO4S. The van der Waals surface area contributed by atoms with Crippen LogP contribution < -0.4 is 0 Å². The normalized spacial score (nSPS) is 11.2. The van der Waals surface area contributed by atoms with Crippen molar-refractivity contribution < 1.29 is 22.3 Å². The van der Waals surface area contributed by atoms with Gasteiger partial charge in [0.15, 0.2) is 0 Å². The maximum Gasteiger partial charge on any atom is 0.339 e. The van der Waals surface area contributed by atoms with Gasteiger partial charge in [-0.25, -0.2) is 17.6 Å². The van der Waals surface area contributed by atoms with Crippen LogP contribution in [0.3, 0.4) is 0 Å². The molecule has 0 radical (unpaired) electrons. The van der Waals surface area contributed by atoms with Gasteiger partial charge in [-0.15, -0.1) is 0 Å². The van der Waals surface area contributed by atoms with Gasteiger partial charge in [-0.2, -0.15) is 0 Å². The number of hydrogen-bond donors (Lipinski definition) is 0. The molecule has 0 unspecified atom stereocenters. The Hall–Kier alpha value is -1.14. The molecule has 4 nitrogen and oxygen atoms in total. The van der Waals surface area contributed by atoms with Gasteiger partial charge in [0.2, 0.25) is 0 Å². The topological polar surface area (TPSA) is 60.4 Å². The second kappa shape index (κ2) is 4.39. The molecule has 0 amide bonds. The molecule has 0 spiro atoms. The Kier molecular flexibility index (Phi) is 3.54. The first-order chi connectivity index (χ1) is 7.29. The van der Waals surface area contributed by atoms with Crippen molar-refractivity contribution in [3.63, 3.8) is 0 Å². The first-order valence-corrected chi connectivity index (χ1v) is 6.42. The SMILES string of the molecule is COC(=O)c1ccc(F)c(C)c1S(=O)(=O)Cl. The zero-order valence-corrected chi connectivity index (χ0v) is 10.0. The largest absolute Gasteiger partial charge is 0.465 e. The third-order valence-corrected chi connectivity index (χ3v) is 3.47. The molecule has 0 aliphatic rings. The zero-order valence-electron chi connectivity index (χ0n) is 8.45. The van der Waals surface area contributed by atoms with Gasteiger partial charge in [0.1, 0.15) is 10.7 Å². The molecule has 88 valence electrons. The molecule has 1 aromatic carbocycles. The van der Waals surface area contributed by atoms with Crippen molar-refractivity contribution >= 4 is 25.7 Å². The van der Waals surface area contributed by atoms with Crippen LogP contribution in [-0.4, -0.2) is 21.5 Å². The van der Waals surface area contributed by atoms with Crippen LogP contribution in [0.1, 0.15) is 15.9 Å². The van der Waals surface area contributed by atoms with E-state index < -0.39 is 25.7 Å². The van der Waals surface area contributed by atoms with Crippen molar-refractivity contribution in [1.29, 1.82) is 0 Å². The minimum absolute atomic E-state index is 0.210. The van der Waals surface area contributed by atoms with Gasteiger partial charge in [-0.1, -0.05) is 0 Å². The minimum Gasteiger partial charge on any atom is -0.465 e. The molecule has 0 heterocycles. The second-order valence-corrected chi connectivity index (χ2v) is 5.48. The van der Waals surface area contributed by atoms with E-state index in [1.807, 2.05) is 0 Å². The summed E-state index contributed by atoms with van der Waals surface area (Å²) in [6.07, 6.45) is 0. The second-order valence-electron chi connectivity index (χ2n) is 2.98. The molecule has 16 heavy (non-hydrogen) atoms. The van der Waals surface area contributed by atoms with Gasteiger partial charge in [0, 0.05) is 16.2 Å². The number of hydrogen-bond acceptors (Lipinski definition) is 4. The molecule has 0 aliphatic carbocycles. The van der Waals surface area contributed by atoms with Gasteiger partial charge in [-0.3, -0.25) is 0 Å². The van der Waals surface area contributed by atoms with E-state index in [0.717, 1.165) is 19.2 Å². The average molecular weight is 267 g/mol. The highest BCUT2D eigenvalue weighted by atomic mass is 35.7. The molecule has 0 aliphatic heterocycles. The van der Waals surface area contributed by atoms with E-state index in [0.29, 0.717) is 0 Å². The summed E-state index contributed by atoms with van der Waals surface area (Å²) in [5.41, 5.74) is -0.491. The highest BCUT2D eigenvalue weighted by Crippen LogP contribution is 2.26. The highest BCUT2D eigenvalue weighted by Gasteiger charge is 2.25. The van der Waals surface area contributed by atoms with Crippen LogP contribution in [0, 0.1) is 12.7 Å². The first kappa shape index (κ1) is 12.9. The average Bonchev–Trinajstić information content (AvgIpc) is 2.18. The quantitative estimate of drug-likeness (QED) is 0.605. The Labute approximate surface area is 96.4 Å². The summed E-state index contributed by atoms with van der Waals surface area (Å²) in [5.74, 6) is -1.64. The third kappa shape index (κ3) is 2.33. The summed E-state index contributed by atoms with van der Waals surface area (Å²) in [7, 11) is 2.02. The number of benzene rings is 1. The number of rotatable bonds is 2. The fourth-order valence-electron chi connectivity index (χ4n) is 1.25. The fraction of sp³-hybridized carbons (Fsp3) is 0.222. The van der Waals surface area contributed by atoms with E-state index in [2.05, 4.69) is 4.74 Å². The van der Waals surface area contributed by atoms with Gasteiger partial charge >= 0.3 is 5.97 Å². The standard InChI is InChI=1S/C9H8ClFO4S/c1-5-7(11)4-3-6(9(12)15-2)8(5)16(10,13)14/h3-4H,1-2H3. The number of halogens is 2. The molecule has 0 bridgehead atoms. The van der Waals surface area contributed by atoms with Gasteiger partial charge in [0.05, 0.1) is 12.7 Å². The Morgan fingerprint density at radius 2 is 2.00 bits per heavy atom. The van der Waals surface area contributed by atoms with E-state index in [-0.39, 0.29) is 11.1 Å². The van der Waals surface area contributed by atoms with Crippen molar-refractivity contribution in [2.75, 3.05) is 7.11 Å². The number of carbonyl (C=O) groups is 1. The van der Waals surface area contributed by atoms with Gasteiger partial charge in [-0.05, 0) is 19.1 Å². The maximum absolute atomic E-state index is 13.2. The molecule has 0 fully saturated rings. The fourth-order valence-corrected chi connectivity index (χ4v) is 2.73. The summed E-state index contributed by atoms with van der Waals surface area (Å²) in [5, 5.41) is 0. The third-order valence-electron chi connectivity index (χ3n) is 1.99. The van der Waals surface area contributed by atoms with Crippen LogP contribution in [0.25, 0.3) is 0 Å². The summed E-state index contributed by atoms with van der Waals surface area (Å²) in [4.78, 5) is 10.7. The highest BCUT2D eigenvalue weighted by molar-refractivity contribution is 8.13. The minimum atomic E-state index is -4.21. The summed E-state index contributed by atoms with van der Waals surface area (Å²) >= 11 is 0. The number of ether oxygens (including phenoxy) is 1. The van der Waals surface area contributed by atoms with Crippen LogP contribution in [0.5, 0.6) is 0 Å².